The molecule has 0 aliphatic carbocycles. The molecule has 0 fully saturated rings. The molecule has 2 nitrogen and oxygen atoms in total. The SMILES string of the molecule is COCC(C)(O)Cc1ccccc1. The Bertz CT molecular complexity index is 242. The molecule has 0 amide bonds. The number of hydrogen-bond donors (Lipinski definition) is 1. The Morgan fingerprint density at radius 3 is 2.46 bits per heavy atom. The van der Waals surface area contributed by atoms with Crippen molar-refractivity contribution in [3.8, 4) is 0 Å². The summed E-state index contributed by atoms with van der Waals surface area (Å²) in [4.78, 5) is 0. The van der Waals surface area contributed by atoms with Gasteiger partial charge in [0.25, 0.3) is 0 Å². The topological polar surface area (TPSA) is 29.5 Å². The summed E-state index contributed by atoms with van der Waals surface area (Å²) in [6, 6.07) is 9.92. The van der Waals surface area contributed by atoms with Crippen LogP contribution in [0.5, 0.6) is 0 Å². The van der Waals surface area contributed by atoms with Crippen molar-refractivity contribution >= 4 is 0 Å². The Balaban J connectivity index is 2.58. The van der Waals surface area contributed by atoms with Gasteiger partial charge in [0.15, 0.2) is 0 Å². The van der Waals surface area contributed by atoms with E-state index in [4.69, 9.17) is 4.74 Å². The summed E-state index contributed by atoms with van der Waals surface area (Å²) < 4.78 is 4.93. The minimum Gasteiger partial charge on any atom is -0.387 e. The summed E-state index contributed by atoms with van der Waals surface area (Å²) in [6.07, 6.45) is 0.627. The van der Waals surface area contributed by atoms with Gasteiger partial charge in [0.05, 0.1) is 12.2 Å². The van der Waals surface area contributed by atoms with E-state index in [1.54, 1.807) is 14.0 Å². The smallest absolute Gasteiger partial charge is 0.0892 e. The van der Waals surface area contributed by atoms with Crippen LogP contribution >= 0.6 is 0 Å². The van der Waals surface area contributed by atoms with Crippen molar-refractivity contribution in [2.75, 3.05) is 13.7 Å². The van der Waals surface area contributed by atoms with Crippen LogP contribution in [-0.4, -0.2) is 24.4 Å². The predicted octanol–water partition coefficient (Wildman–Crippen LogP) is 1.63. The molecule has 1 rings (SSSR count). The van der Waals surface area contributed by atoms with Crippen LogP contribution in [0.3, 0.4) is 0 Å². The first-order valence-electron chi connectivity index (χ1n) is 4.39. The Morgan fingerprint density at radius 2 is 1.92 bits per heavy atom. The second-order valence-corrected chi connectivity index (χ2v) is 3.59. The van der Waals surface area contributed by atoms with Gasteiger partial charge in [0, 0.05) is 13.5 Å². The van der Waals surface area contributed by atoms with Crippen molar-refractivity contribution in [3.05, 3.63) is 35.9 Å². The molecule has 1 N–H and O–H groups in total. The van der Waals surface area contributed by atoms with Gasteiger partial charge in [-0.05, 0) is 12.5 Å². The van der Waals surface area contributed by atoms with E-state index in [1.165, 1.54) is 0 Å². The monoisotopic (exact) mass is 180 g/mol. The molecule has 0 bridgehead atoms. The lowest BCUT2D eigenvalue weighted by molar-refractivity contribution is -0.0161. The third kappa shape index (κ3) is 3.57. The molecule has 0 radical (unpaired) electrons. The zero-order chi connectivity index (χ0) is 9.73. The first-order valence-corrected chi connectivity index (χ1v) is 4.39. The van der Waals surface area contributed by atoms with E-state index >= 15 is 0 Å². The average Bonchev–Trinajstić information content (AvgIpc) is 2.04. The molecule has 1 atom stereocenters. The highest BCUT2D eigenvalue weighted by Crippen LogP contribution is 2.12. The number of ether oxygens (including phenoxy) is 1. The van der Waals surface area contributed by atoms with Crippen molar-refractivity contribution in [1.82, 2.24) is 0 Å². The molecule has 2 heteroatoms. The predicted molar refractivity (Wildman–Crippen MR) is 52.6 cm³/mol. The quantitative estimate of drug-likeness (QED) is 0.763. The summed E-state index contributed by atoms with van der Waals surface area (Å²) in [7, 11) is 1.60. The first-order chi connectivity index (χ1) is 6.14. The second kappa shape index (κ2) is 4.40. The molecule has 0 aliphatic rings. The highest BCUT2D eigenvalue weighted by atomic mass is 16.5. The minimum atomic E-state index is -0.768. The Labute approximate surface area is 79.2 Å². The van der Waals surface area contributed by atoms with Crippen LogP contribution in [0.1, 0.15) is 12.5 Å². The maximum absolute atomic E-state index is 9.84. The lowest BCUT2D eigenvalue weighted by atomic mass is 9.98. The van der Waals surface area contributed by atoms with Crippen LogP contribution in [0.4, 0.5) is 0 Å². The third-order valence-electron chi connectivity index (χ3n) is 1.88. The summed E-state index contributed by atoms with van der Waals surface area (Å²) >= 11 is 0. The largest absolute Gasteiger partial charge is 0.387 e. The molecule has 0 heterocycles. The zero-order valence-corrected chi connectivity index (χ0v) is 8.16. The third-order valence-corrected chi connectivity index (χ3v) is 1.88. The summed E-state index contributed by atoms with van der Waals surface area (Å²) in [5, 5.41) is 9.84. The standard InChI is InChI=1S/C11H16O2/c1-11(12,9-13-2)8-10-6-4-3-5-7-10/h3-7,12H,8-9H2,1-2H3. The zero-order valence-electron chi connectivity index (χ0n) is 8.16. The van der Waals surface area contributed by atoms with Crippen LogP contribution in [-0.2, 0) is 11.2 Å². The fourth-order valence-corrected chi connectivity index (χ4v) is 1.40. The molecule has 1 unspecified atom stereocenters. The van der Waals surface area contributed by atoms with Crippen molar-refractivity contribution in [2.45, 2.75) is 18.9 Å². The van der Waals surface area contributed by atoms with Gasteiger partial charge in [-0.2, -0.15) is 0 Å². The minimum absolute atomic E-state index is 0.363. The maximum atomic E-state index is 9.84. The molecular weight excluding hydrogens is 164 g/mol. The first kappa shape index (κ1) is 10.2. The number of hydrogen-bond acceptors (Lipinski definition) is 2. The van der Waals surface area contributed by atoms with Crippen molar-refractivity contribution in [1.29, 1.82) is 0 Å². The van der Waals surface area contributed by atoms with E-state index in [0.717, 1.165) is 5.56 Å². The van der Waals surface area contributed by atoms with Crippen LogP contribution in [0.15, 0.2) is 30.3 Å². The van der Waals surface area contributed by atoms with Crippen molar-refractivity contribution in [3.63, 3.8) is 0 Å². The van der Waals surface area contributed by atoms with Gasteiger partial charge in [-0.3, -0.25) is 0 Å². The number of methoxy groups -OCH3 is 1. The highest BCUT2D eigenvalue weighted by Gasteiger charge is 2.20. The van der Waals surface area contributed by atoms with Gasteiger partial charge in [-0.25, -0.2) is 0 Å². The molecule has 0 aromatic heterocycles. The molecule has 1 aromatic rings. The van der Waals surface area contributed by atoms with Gasteiger partial charge >= 0.3 is 0 Å². The van der Waals surface area contributed by atoms with Crippen LogP contribution in [0.25, 0.3) is 0 Å². The fourth-order valence-electron chi connectivity index (χ4n) is 1.40. The molecule has 0 spiro atoms. The van der Waals surface area contributed by atoms with E-state index in [9.17, 15) is 5.11 Å². The van der Waals surface area contributed by atoms with Gasteiger partial charge in [-0.1, -0.05) is 30.3 Å². The molecule has 13 heavy (non-hydrogen) atoms. The van der Waals surface area contributed by atoms with Crippen molar-refractivity contribution < 1.29 is 9.84 Å². The number of aliphatic hydroxyl groups is 1. The normalized spacial score (nSPS) is 15.3. The van der Waals surface area contributed by atoms with Crippen molar-refractivity contribution in [2.24, 2.45) is 0 Å². The fraction of sp³-hybridized carbons (Fsp3) is 0.455. The molecule has 0 aliphatic heterocycles. The molecule has 0 saturated heterocycles. The van der Waals surface area contributed by atoms with E-state index in [-0.39, 0.29) is 0 Å². The average molecular weight is 180 g/mol. The van der Waals surface area contributed by atoms with Crippen LogP contribution in [0.2, 0.25) is 0 Å². The van der Waals surface area contributed by atoms with Gasteiger partial charge < -0.3 is 9.84 Å². The summed E-state index contributed by atoms with van der Waals surface area (Å²) in [5.41, 5.74) is 0.361. The lowest BCUT2D eigenvalue weighted by Gasteiger charge is -2.21. The van der Waals surface area contributed by atoms with E-state index in [2.05, 4.69) is 0 Å². The molecular formula is C11H16O2. The number of benzene rings is 1. The van der Waals surface area contributed by atoms with Crippen LogP contribution < -0.4 is 0 Å². The lowest BCUT2D eigenvalue weighted by Crippen LogP contribution is -2.32. The van der Waals surface area contributed by atoms with E-state index in [1.807, 2.05) is 30.3 Å². The molecule has 0 saturated carbocycles. The maximum Gasteiger partial charge on any atom is 0.0892 e. The second-order valence-electron chi connectivity index (χ2n) is 3.59. The van der Waals surface area contributed by atoms with Gasteiger partial charge in [0.1, 0.15) is 0 Å². The molecule has 72 valence electrons. The Hall–Kier alpha value is -0.860. The number of rotatable bonds is 4. The van der Waals surface area contributed by atoms with E-state index < -0.39 is 5.60 Å². The van der Waals surface area contributed by atoms with E-state index in [0.29, 0.717) is 13.0 Å². The summed E-state index contributed by atoms with van der Waals surface area (Å²) in [6.45, 7) is 2.14. The Kier molecular flexibility index (Phi) is 3.46. The van der Waals surface area contributed by atoms with Crippen LogP contribution in [0, 0.1) is 0 Å². The molecule has 1 aromatic carbocycles. The highest BCUT2D eigenvalue weighted by molar-refractivity contribution is 5.16. The Morgan fingerprint density at radius 1 is 1.31 bits per heavy atom. The van der Waals surface area contributed by atoms with Gasteiger partial charge in [0.2, 0.25) is 0 Å². The summed E-state index contributed by atoms with van der Waals surface area (Å²) in [5.74, 6) is 0. The van der Waals surface area contributed by atoms with Gasteiger partial charge in [-0.15, -0.1) is 0 Å².